The second kappa shape index (κ2) is 6.02. The quantitative estimate of drug-likeness (QED) is 0.782. The fourth-order valence-corrected chi connectivity index (χ4v) is 3.27. The number of nitrogens with zero attached hydrogens (tertiary/aromatic N) is 1. The van der Waals surface area contributed by atoms with Crippen LogP contribution in [-0.2, 0) is 19.1 Å². The maximum absolute atomic E-state index is 12.1. The van der Waals surface area contributed by atoms with Gasteiger partial charge in [-0.2, -0.15) is 0 Å². The standard InChI is InChI=1S/C17H19NO4/c1-3-21-16-12-8-6-5-7-11(12)15(17(16)22-4-2)18-13(19)9-10-14(18)20/h5-10,15-17H,3-4H2,1-2H3/t15-,16-,17-/m0/s1. The molecule has 2 amide bonds. The lowest BCUT2D eigenvalue weighted by molar-refractivity contribution is -0.148. The van der Waals surface area contributed by atoms with E-state index < -0.39 is 6.04 Å². The summed E-state index contributed by atoms with van der Waals surface area (Å²) in [5.41, 5.74) is 1.91. The van der Waals surface area contributed by atoms with Gasteiger partial charge in [0.2, 0.25) is 0 Å². The van der Waals surface area contributed by atoms with Gasteiger partial charge in [-0.1, -0.05) is 24.3 Å². The van der Waals surface area contributed by atoms with Crippen LogP contribution in [0.3, 0.4) is 0 Å². The highest BCUT2D eigenvalue weighted by Crippen LogP contribution is 2.46. The van der Waals surface area contributed by atoms with E-state index in [9.17, 15) is 9.59 Å². The first kappa shape index (κ1) is 14.9. The molecule has 0 radical (unpaired) electrons. The van der Waals surface area contributed by atoms with Gasteiger partial charge in [0.05, 0.1) is 6.04 Å². The zero-order valence-electron chi connectivity index (χ0n) is 12.7. The second-order valence-corrected chi connectivity index (χ2v) is 5.25. The van der Waals surface area contributed by atoms with Crippen LogP contribution in [0.25, 0.3) is 0 Å². The van der Waals surface area contributed by atoms with Crippen molar-refractivity contribution in [2.24, 2.45) is 0 Å². The van der Waals surface area contributed by atoms with Crippen LogP contribution in [0.2, 0.25) is 0 Å². The van der Waals surface area contributed by atoms with E-state index >= 15 is 0 Å². The Morgan fingerprint density at radius 3 is 2.14 bits per heavy atom. The lowest BCUT2D eigenvalue weighted by atomic mass is 10.1. The molecular formula is C17H19NO4. The second-order valence-electron chi connectivity index (χ2n) is 5.25. The van der Waals surface area contributed by atoms with E-state index in [2.05, 4.69) is 0 Å². The van der Waals surface area contributed by atoms with Crippen molar-refractivity contribution >= 4 is 11.8 Å². The number of imide groups is 1. The van der Waals surface area contributed by atoms with Crippen LogP contribution in [0.4, 0.5) is 0 Å². The summed E-state index contributed by atoms with van der Waals surface area (Å²) in [4.78, 5) is 25.5. The Hall–Kier alpha value is -1.98. The van der Waals surface area contributed by atoms with E-state index in [0.29, 0.717) is 13.2 Å². The summed E-state index contributed by atoms with van der Waals surface area (Å²) in [6, 6.07) is 7.30. The molecule has 0 N–H and O–H groups in total. The fourth-order valence-electron chi connectivity index (χ4n) is 3.27. The molecule has 22 heavy (non-hydrogen) atoms. The minimum atomic E-state index is -0.442. The van der Waals surface area contributed by atoms with Crippen molar-refractivity contribution < 1.29 is 19.1 Å². The molecule has 5 nitrogen and oxygen atoms in total. The number of rotatable bonds is 5. The molecule has 0 saturated heterocycles. The number of hydrogen-bond donors (Lipinski definition) is 0. The molecule has 1 aliphatic carbocycles. The molecule has 1 aromatic carbocycles. The third kappa shape index (κ3) is 2.26. The molecule has 0 spiro atoms. The number of carbonyl (C=O) groups excluding carboxylic acids is 2. The van der Waals surface area contributed by atoms with Crippen LogP contribution in [0.1, 0.15) is 37.1 Å². The summed E-state index contributed by atoms with van der Waals surface area (Å²) in [6.07, 6.45) is 1.96. The molecule has 1 aliphatic heterocycles. The number of fused-ring (bicyclic) bond motifs is 1. The third-order valence-electron chi connectivity index (χ3n) is 4.06. The average molecular weight is 301 g/mol. The Morgan fingerprint density at radius 2 is 1.55 bits per heavy atom. The minimum absolute atomic E-state index is 0.271. The first-order chi connectivity index (χ1) is 10.7. The predicted octanol–water partition coefficient (Wildman–Crippen LogP) is 2.15. The fraction of sp³-hybridized carbons (Fsp3) is 0.412. The molecule has 2 aliphatic rings. The number of carbonyl (C=O) groups is 2. The van der Waals surface area contributed by atoms with Gasteiger partial charge in [0.1, 0.15) is 12.2 Å². The highest BCUT2D eigenvalue weighted by atomic mass is 16.5. The molecule has 1 aromatic rings. The summed E-state index contributed by atoms with van der Waals surface area (Å²) in [7, 11) is 0. The predicted molar refractivity (Wildman–Crippen MR) is 80.0 cm³/mol. The van der Waals surface area contributed by atoms with Gasteiger partial charge >= 0.3 is 0 Å². The first-order valence-electron chi connectivity index (χ1n) is 7.56. The Bertz CT molecular complexity index is 607. The van der Waals surface area contributed by atoms with E-state index in [1.807, 2.05) is 38.1 Å². The van der Waals surface area contributed by atoms with Gasteiger partial charge in [-0.3, -0.25) is 14.5 Å². The maximum atomic E-state index is 12.1. The summed E-state index contributed by atoms with van der Waals surface area (Å²) >= 11 is 0. The molecule has 0 saturated carbocycles. The van der Waals surface area contributed by atoms with Crippen LogP contribution in [0.15, 0.2) is 36.4 Å². The molecule has 116 valence electrons. The monoisotopic (exact) mass is 301 g/mol. The van der Waals surface area contributed by atoms with E-state index in [0.717, 1.165) is 11.1 Å². The Morgan fingerprint density at radius 1 is 0.955 bits per heavy atom. The smallest absolute Gasteiger partial charge is 0.254 e. The Labute approximate surface area is 129 Å². The lowest BCUT2D eigenvalue weighted by Crippen LogP contribution is -2.41. The third-order valence-corrected chi connectivity index (χ3v) is 4.06. The highest BCUT2D eigenvalue weighted by molar-refractivity contribution is 6.13. The van der Waals surface area contributed by atoms with Gasteiger partial charge < -0.3 is 9.47 Å². The summed E-state index contributed by atoms with van der Waals surface area (Å²) in [5.74, 6) is -0.599. The molecule has 0 bridgehead atoms. The zero-order chi connectivity index (χ0) is 15.7. The van der Waals surface area contributed by atoms with Crippen molar-refractivity contribution in [1.29, 1.82) is 0 Å². The van der Waals surface area contributed by atoms with Gasteiger partial charge in [-0.05, 0) is 25.0 Å². The van der Waals surface area contributed by atoms with Crippen molar-refractivity contribution in [3.63, 3.8) is 0 Å². The Balaban J connectivity index is 2.06. The summed E-state index contributed by atoms with van der Waals surface area (Å²) in [6.45, 7) is 4.85. The van der Waals surface area contributed by atoms with Gasteiger partial charge in [0.25, 0.3) is 11.8 Å². The largest absolute Gasteiger partial charge is 0.373 e. The van der Waals surface area contributed by atoms with Crippen molar-refractivity contribution in [1.82, 2.24) is 4.90 Å². The van der Waals surface area contributed by atoms with Gasteiger partial charge in [-0.15, -0.1) is 0 Å². The van der Waals surface area contributed by atoms with Crippen molar-refractivity contribution in [3.05, 3.63) is 47.5 Å². The molecular weight excluding hydrogens is 282 g/mol. The Kier molecular flexibility index (Phi) is 4.09. The van der Waals surface area contributed by atoms with Gasteiger partial charge in [0.15, 0.2) is 0 Å². The van der Waals surface area contributed by atoms with Gasteiger partial charge in [-0.25, -0.2) is 0 Å². The average Bonchev–Trinajstić information content (AvgIpc) is 2.99. The van der Waals surface area contributed by atoms with Crippen LogP contribution < -0.4 is 0 Å². The number of ether oxygens (including phenoxy) is 2. The molecule has 1 heterocycles. The van der Waals surface area contributed by atoms with Crippen LogP contribution in [-0.4, -0.2) is 36.0 Å². The van der Waals surface area contributed by atoms with Crippen molar-refractivity contribution in [3.8, 4) is 0 Å². The lowest BCUT2D eigenvalue weighted by Gasteiger charge is -2.30. The van der Waals surface area contributed by atoms with E-state index in [4.69, 9.17) is 9.47 Å². The number of amides is 2. The number of hydrogen-bond acceptors (Lipinski definition) is 4. The van der Waals surface area contributed by atoms with E-state index in [1.54, 1.807) is 0 Å². The summed E-state index contributed by atoms with van der Waals surface area (Å²) < 4.78 is 11.7. The molecule has 3 rings (SSSR count). The normalized spacial score (nSPS) is 26.8. The molecule has 0 fully saturated rings. The van der Waals surface area contributed by atoms with E-state index in [-0.39, 0.29) is 24.0 Å². The molecule has 0 unspecified atom stereocenters. The van der Waals surface area contributed by atoms with Crippen molar-refractivity contribution in [2.75, 3.05) is 13.2 Å². The van der Waals surface area contributed by atoms with Crippen molar-refractivity contribution in [2.45, 2.75) is 32.1 Å². The highest BCUT2D eigenvalue weighted by Gasteiger charge is 2.48. The minimum Gasteiger partial charge on any atom is -0.373 e. The summed E-state index contributed by atoms with van der Waals surface area (Å²) in [5, 5.41) is 0. The molecule has 0 aromatic heterocycles. The SMILES string of the molecule is CCO[C@@H]1[C@@H](OCC)c2ccccc2[C@@H]1N1C(=O)C=CC1=O. The van der Waals surface area contributed by atoms with Crippen LogP contribution >= 0.6 is 0 Å². The van der Waals surface area contributed by atoms with E-state index in [1.165, 1.54) is 17.1 Å². The first-order valence-corrected chi connectivity index (χ1v) is 7.56. The zero-order valence-corrected chi connectivity index (χ0v) is 12.7. The number of benzene rings is 1. The molecule has 5 heteroatoms. The maximum Gasteiger partial charge on any atom is 0.254 e. The molecule has 3 atom stereocenters. The topological polar surface area (TPSA) is 55.8 Å². The van der Waals surface area contributed by atoms with Crippen LogP contribution in [0.5, 0.6) is 0 Å². The van der Waals surface area contributed by atoms with Gasteiger partial charge in [0, 0.05) is 25.4 Å². The van der Waals surface area contributed by atoms with Crippen LogP contribution in [0, 0.1) is 0 Å².